The van der Waals surface area contributed by atoms with Crippen molar-refractivity contribution in [2.45, 2.75) is 38.8 Å². The minimum atomic E-state index is -0.434. The van der Waals surface area contributed by atoms with Gasteiger partial charge in [-0.1, -0.05) is 6.92 Å². The molecule has 0 radical (unpaired) electrons. The van der Waals surface area contributed by atoms with Gasteiger partial charge in [-0.15, -0.1) is 0 Å². The van der Waals surface area contributed by atoms with Gasteiger partial charge in [-0.05, 0) is 54.4 Å². The highest BCUT2D eigenvalue weighted by Gasteiger charge is 2.34. The Labute approximate surface area is 127 Å². The molecular formula is C15H20BrF2NO. The molecule has 1 heterocycles. The predicted octanol–water partition coefficient (Wildman–Crippen LogP) is 4.19. The summed E-state index contributed by atoms with van der Waals surface area (Å²) in [5.41, 5.74) is 0.390. The van der Waals surface area contributed by atoms with Gasteiger partial charge in [0.15, 0.2) is 0 Å². The molecule has 112 valence electrons. The van der Waals surface area contributed by atoms with Crippen LogP contribution in [0.25, 0.3) is 0 Å². The van der Waals surface area contributed by atoms with Crippen LogP contribution in [0, 0.1) is 17.6 Å². The minimum absolute atomic E-state index is 0.0514. The van der Waals surface area contributed by atoms with E-state index in [1.807, 2.05) is 6.92 Å². The van der Waals surface area contributed by atoms with Crippen LogP contribution in [0.15, 0.2) is 16.6 Å². The molecule has 1 N–H and O–H groups in total. The fourth-order valence-electron chi connectivity index (χ4n) is 2.75. The zero-order valence-electron chi connectivity index (χ0n) is 11.8. The number of benzene rings is 1. The number of nitrogens with one attached hydrogen (secondary N) is 1. The Morgan fingerprint density at radius 2 is 2.15 bits per heavy atom. The standard InChI is InChI=1S/C15H20BrF2NO/c1-3-5-19-15(10-4-6-20-9(10)2)11-7-14(18)12(16)8-13(11)17/h7-10,15,19H,3-6H2,1-2H3. The first-order chi connectivity index (χ1) is 9.54. The summed E-state index contributed by atoms with van der Waals surface area (Å²) in [4.78, 5) is 0. The molecule has 1 aromatic carbocycles. The lowest BCUT2D eigenvalue weighted by Crippen LogP contribution is -2.33. The van der Waals surface area contributed by atoms with Gasteiger partial charge in [-0.25, -0.2) is 8.78 Å². The molecule has 0 spiro atoms. The molecule has 1 aliphatic heterocycles. The van der Waals surface area contributed by atoms with Gasteiger partial charge < -0.3 is 10.1 Å². The number of halogens is 3. The molecule has 1 aromatic rings. The molecule has 0 amide bonds. The summed E-state index contributed by atoms with van der Waals surface area (Å²) in [6.45, 7) is 5.49. The second-order valence-corrected chi connectivity index (χ2v) is 6.10. The van der Waals surface area contributed by atoms with Gasteiger partial charge in [0.1, 0.15) is 11.6 Å². The Balaban J connectivity index is 2.32. The average Bonchev–Trinajstić information content (AvgIpc) is 2.82. The van der Waals surface area contributed by atoms with Crippen molar-refractivity contribution in [3.63, 3.8) is 0 Å². The molecule has 2 rings (SSSR count). The van der Waals surface area contributed by atoms with E-state index < -0.39 is 5.82 Å². The third-order valence-electron chi connectivity index (χ3n) is 3.85. The lowest BCUT2D eigenvalue weighted by Gasteiger charge is -2.28. The molecule has 0 aromatic heterocycles. The average molecular weight is 348 g/mol. The zero-order valence-corrected chi connectivity index (χ0v) is 13.3. The summed E-state index contributed by atoms with van der Waals surface area (Å²) < 4.78 is 33.7. The molecule has 20 heavy (non-hydrogen) atoms. The Kier molecular flexibility index (Phi) is 5.52. The van der Waals surface area contributed by atoms with E-state index in [1.54, 1.807) is 0 Å². The molecule has 5 heteroatoms. The molecule has 0 saturated carbocycles. The van der Waals surface area contributed by atoms with Crippen LogP contribution in [0.1, 0.15) is 38.3 Å². The molecule has 0 bridgehead atoms. The van der Waals surface area contributed by atoms with Crippen LogP contribution in [-0.4, -0.2) is 19.3 Å². The van der Waals surface area contributed by atoms with E-state index in [1.165, 1.54) is 12.1 Å². The molecule has 3 unspecified atom stereocenters. The van der Waals surface area contributed by atoms with Crippen LogP contribution in [0.3, 0.4) is 0 Å². The largest absolute Gasteiger partial charge is 0.378 e. The zero-order chi connectivity index (χ0) is 14.7. The SMILES string of the molecule is CCCNC(c1cc(F)c(Br)cc1F)C1CCOC1C. The van der Waals surface area contributed by atoms with Gasteiger partial charge in [0.25, 0.3) is 0 Å². The summed E-state index contributed by atoms with van der Waals surface area (Å²) >= 11 is 3.02. The van der Waals surface area contributed by atoms with Gasteiger partial charge in [0.05, 0.1) is 10.6 Å². The highest BCUT2D eigenvalue weighted by molar-refractivity contribution is 9.10. The Hall–Kier alpha value is -0.520. The topological polar surface area (TPSA) is 21.3 Å². The van der Waals surface area contributed by atoms with Crippen LogP contribution in [0.4, 0.5) is 8.78 Å². The van der Waals surface area contributed by atoms with Gasteiger partial charge in [0.2, 0.25) is 0 Å². The van der Waals surface area contributed by atoms with Crippen molar-refractivity contribution < 1.29 is 13.5 Å². The van der Waals surface area contributed by atoms with E-state index in [4.69, 9.17) is 4.74 Å². The predicted molar refractivity (Wildman–Crippen MR) is 78.6 cm³/mol. The van der Waals surface area contributed by atoms with Crippen LogP contribution < -0.4 is 5.32 Å². The highest BCUT2D eigenvalue weighted by atomic mass is 79.9. The summed E-state index contributed by atoms with van der Waals surface area (Å²) in [5, 5.41) is 3.34. The fraction of sp³-hybridized carbons (Fsp3) is 0.600. The lowest BCUT2D eigenvalue weighted by atomic mass is 9.88. The van der Waals surface area contributed by atoms with Crippen molar-refractivity contribution in [1.82, 2.24) is 5.32 Å². The van der Waals surface area contributed by atoms with E-state index in [0.717, 1.165) is 19.4 Å². The number of rotatable bonds is 5. The van der Waals surface area contributed by atoms with Crippen LogP contribution in [-0.2, 0) is 4.74 Å². The van der Waals surface area contributed by atoms with Crippen molar-refractivity contribution in [2.75, 3.05) is 13.2 Å². The maximum atomic E-state index is 14.2. The van der Waals surface area contributed by atoms with Crippen molar-refractivity contribution in [3.05, 3.63) is 33.8 Å². The van der Waals surface area contributed by atoms with Gasteiger partial charge in [0, 0.05) is 24.1 Å². The van der Waals surface area contributed by atoms with E-state index in [2.05, 4.69) is 28.2 Å². The Morgan fingerprint density at radius 3 is 2.75 bits per heavy atom. The van der Waals surface area contributed by atoms with E-state index in [0.29, 0.717) is 12.2 Å². The van der Waals surface area contributed by atoms with Crippen LogP contribution >= 0.6 is 15.9 Å². The maximum absolute atomic E-state index is 14.2. The lowest BCUT2D eigenvalue weighted by molar-refractivity contribution is 0.0949. The quantitative estimate of drug-likeness (QED) is 0.806. The van der Waals surface area contributed by atoms with Gasteiger partial charge >= 0.3 is 0 Å². The first-order valence-electron chi connectivity index (χ1n) is 7.04. The molecule has 1 fully saturated rings. The second-order valence-electron chi connectivity index (χ2n) is 5.25. The third kappa shape index (κ3) is 3.38. The van der Waals surface area contributed by atoms with Gasteiger partial charge in [-0.2, -0.15) is 0 Å². The number of hydrogen-bond donors (Lipinski definition) is 1. The summed E-state index contributed by atoms with van der Waals surface area (Å²) in [6.07, 6.45) is 1.86. The summed E-state index contributed by atoms with van der Waals surface area (Å²) in [5.74, 6) is -0.654. The minimum Gasteiger partial charge on any atom is -0.378 e. The van der Waals surface area contributed by atoms with E-state index in [-0.39, 0.29) is 28.4 Å². The summed E-state index contributed by atoms with van der Waals surface area (Å²) in [6, 6.07) is 2.28. The monoisotopic (exact) mass is 347 g/mol. The Morgan fingerprint density at radius 1 is 1.40 bits per heavy atom. The first-order valence-corrected chi connectivity index (χ1v) is 7.83. The normalized spacial score (nSPS) is 24.1. The molecule has 3 atom stereocenters. The second kappa shape index (κ2) is 6.96. The fourth-order valence-corrected chi connectivity index (χ4v) is 3.07. The molecule has 1 aliphatic rings. The smallest absolute Gasteiger partial charge is 0.137 e. The highest BCUT2D eigenvalue weighted by Crippen LogP contribution is 2.35. The van der Waals surface area contributed by atoms with Crippen molar-refractivity contribution in [2.24, 2.45) is 5.92 Å². The van der Waals surface area contributed by atoms with E-state index in [9.17, 15) is 8.78 Å². The van der Waals surface area contributed by atoms with Gasteiger partial charge in [-0.3, -0.25) is 0 Å². The molecular weight excluding hydrogens is 328 g/mol. The van der Waals surface area contributed by atoms with Crippen LogP contribution in [0.2, 0.25) is 0 Å². The van der Waals surface area contributed by atoms with Crippen molar-refractivity contribution in [3.8, 4) is 0 Å². The first kappa shape index (κ1) is 15.9. The molecule has 0 aliphatic carbocycles. The molecule has 2 nitrogen and oxygen atoms in total. The van der Waals surface area contributed by atoms with Crippen molar-refractivity contribution in [1.29, 1.82) is 0 Å². The Bertz CT molecular complexity index is 469. The molecule has 1 saturated heterocycles. The van der Waals surface area contributed by atoms with E-state index >= 15 is 0 Å². The van der Waals surface area contributed by atoms with Crippen molar-refractivity contribution >= 4 is 15.9 Å². The summed E-state index contributed by atoms with van der Waals surface area (Å²) in [7, 11) is 0. The maximum Gasteiger partial charge on any atom is 0.137 e. The van der Waals surface area contributed by atoms with Crippen LogP contribution in [0.5, 0.6) is 0 Å². The number of ether oxygens (including phenoxy) is 1. The third-order valence-corrected chi connectivity index (χ3v) is 4.46. The number of hydrogen-bond acceptors (Lipinski definition) is 2.